The molecule has 0 saturated carbocycles. The summed E-state index contributed by atoms with van der Waals surface area (Å²) in [6, 6.07) is 5.48. The first-order chi connectivity index (χ1) is 7.22. The molecule has 1 heterocycles. The van der Waals surface area contributed by atoms with Gasteiger partial charge in [0, 0.05) is 18.7 Å². The van der Waals surface area contributed by atoms with Crippen LogP contribution in [0.1, 0.15) is 12.0 Å². The van der Waals surface area contributed by atoms with Crippen LogP contribution in [0, 0.1) is 0 Å². The summed E-state index contributed by atoms with van der Waals surface area (Å²) in [7, 11) is 0. The van der Waals surface area contributed by atoms with Gasteiger partial charge in [-0.3, -0.25) is 0 Å². The SMILES string of the molecule is OCc1cccc(Cl)c1N1CCC(O)C1. The molecule has 1 unspecified atom stereocenters. The Morgan fingerprint density at radius 3 is 2.87 bits per heavy atom. The second-order valence-electron chi connectivity index (χ2n) is 3.79. The van der Waals surface area contributed by atoms with Crippen molar-refractivity contribution in [2.24, 2.45) is 0 Å². The average Bonchev–Trinajstić information content (AvgIpc) is 2.64. The fraction of sp³-hybridized carbons (Fsp3) is 0.455. The number of anilines is 1. The van der Waals surface area contributed by atoms with Gasteiger partial charge in [0.2, 0.25) is 0 Å². The first kappa shape index (κ1) is 10.7. The van der Waals surface area contributed by atoms with Crippen LogP contribution in [0.5, 0.6) is 0 Å². The van der Waals surface area contributed by atoms with E-state index in [0.717, 1.165) is 24.2 Å². The largest absolute Gasteiger partial charge is 0.392 e. The van der Waals surface area contributed by atoms with Crippen LogP contribution < -0.4 is 4.90 Å². The number of nitrogens with zero attached hydrogens (tertiary/aromatic N) is 1. The number of benzene rings is 1. The molecule has 0 bridgehead atoms. The highest BCUT2D eigenvalue weighted by Crippen LogP contribution is 2.32. The lowest BCUT2D eigenvalue weighted by Crippen LogP contribution is -2.22. The van der Waals surface area contributed by atoms with Crippen molar-refractivity contribution in [3.05, 3.63) is 28.8 Å². The molecule has 15 heavy (non-hydrogen) atoms. The van der Waals surface area contributed by atoms with Gasteiger partial charge in [0.15, 0.2) is 0 Å². The van der Waals surface area contributed by atoms with Crippen LogP contribution in [-0.4, -0.2) is 29.4 Å². The normalized spacial score (nSPS) is 21.0. The second-order valence-corrected chi connectivity index (χ2v) is 4.20. The topological polar surface area (TPSA) is 43.7 Å². The monoisotopic (exact) mass is 227 g/mol. The average molecular weight is 228 g/mol. The summed E-state index contributed by atoms with van der Waals surface area (Å²) < 4.78 is 0. The summed E-state index contributed by atoms with van der Waals surface area (Å²) in [6.07, 6.45) is 0.476. The highest BCUT2D eigenvalue weighted by Gasteiger charge is 2.23. The molecule has 82 valence electrons. The van der Waals surface area contributed by atoms with Crippen molar-refractivity contribution in [1.82, 2.24) is 0 Å². The predicted octanol–water partition coefficient (Wildman–Crippen LogP) is 1.40. The minimum atomic E-state index is -0.284. The van der Waals surface area contributed by atoms with E-state index in [1.165, 1.54) is 0 Å². The third-order valence-corrected chi connectivity index (χ3v) is 3.03. The molecule has 0 amide bonds. The van der Waals surface area contributed by atoms with Gasteiger partial charge in [-0.25, -0.2) is 0 Å². The minimum absolute atomic E-state index is 0.0253. The van der Waals surface area contributed by atoms with Gasteiger partial charge in [-0.15, -0.1) is 0 Å². The second kappa shape index (κ2) is 4.39. The summed E-state index contributed by atoms with van der Waals surface area (Å²) in [5, 5.41) is 19.3. The van der Waals surface area contributed by atoms with Crippen LogP contribution >= 0.6 is 11.6 Å². The van der Waals surface area contributed by atoms with E-state index in [1.807, 2.05) is 17.0 Å². The first-order valence-corrected chi connectivity index (χ1v) is 5.41. The molecule has 0 aliphatic carbocycles. The van der Waals surface area contributed by atoms with Gasteiger partial charge in [-0.1, -0.05) is 23.7 Å². The molecule has 2 N–H and O–H groups in total. The molecule has 0 spiro atoms. The zero-order chi connectivity index (χ0) is 10.8. The van der Waals surface area contributed by atoms with Crippen molar-refractivity contribution in [2.75, 3.05) is 18.0 Å². The molecule has 3 nitrogen and oxygen atoms in total. The van der Waals surface area contributed by atoms with Crippen molar-refractivity contribution in [3.63, 3.8) is 0 Å². The fourth-order valence-electron chi connectivity index (χ4n) is 1.99. The Labute approximate surface area is 93.9 Å². The lowest BCUT2D eigenvalue weighted by Gasteiger charge is -2.22. The van der Waals surface area contributed by atoms with E-state index in [-0.39, 0.29) is 12.7 Å². The molecule has 1 atom stereocenters. The molecular formula is C11H14ClNO2. The lowest BCUT2D eigenvalue weighted by atomic mass is 10.1. The molecule has 1 fully saturated rings. The number of rotatable bonds is 2. The van der Waals surface area contributed by atoms with Crippen LogP contribution in [0.25, 0.3) is 0 Å². The van der Waals surface area contributed by atoms with Crippen LogP contribution in [0.4, 0.5) is 5.69 Å². The zero-order valence-corrected chi connectivity index (χ0v) is 9.11. The fourth-order valence-corrected chi connectivity index (χ4v) is 2.30. The number of aliphatic hydroxyl groups is 2. The predicted molar refractivity (Wildman–Crippen MR) is 60.2 cm³/mol. The standard InChI is InChI=1S/C11H14ClNO2/c12-10-3-1-2-8(7-14)11(10)13-5-4-9(15)6-13/h1-3,9,14-15H,4-7H2. The summed E-state index contributed by atoms with van der Waals surface area (Å²) in [6.45, 7) is 1.36. The lowest BCUT2D eigenvalue weighted by molar-refractivity contribution is 0.198. The van der Waals surface area contributed by atoms with Gasteiger partial charge in [-0.05, 0) is 12.5 Å². The molecular weight excluding hydrogens is 214 g/mol. The molecule has 1 aromatic rings. The molecule has 1 saturated heterocycles. The molecule has 1 aliphatic rings. The Morgan fingerprint density at radius 2 is 2.27 bits per heavy atom. The Morgan fingerprint density at radius 1 is 1.47 bits per heavy atom. The zero-order valence-electron chi connectivity index (χ0n) is 8.36. The number of β-amino-alcohol motifs (C(OH)–C–C–N with tert-alkyl or cyclic N) is 1. The summed E-state index contributed by atoms with van der Waals surface area (Å²) >= 11 is 6.10. The van der Waals surface area contributed by atoms with Crippen LogP contribution in [-0.2, 0) is 6.61 Å². The molecule has 0 radical (unpaired) electrons. The van der Waals surface area contributed by atoms with E-state index in [1.54, 1.807) is 6.07 Å². The molecule has 1 aliphatic heterocycles. The number of hydrogen-bond donors (Lipinski definition) is 2. The maximum absolute atomic E-state index is 9.47. The van der Waals surface area contributed by atoms with E-state index in [0.29, 0.717) is 11.6 Å². The van der Waals surface area contributed by atoms with Crippen molar-refractivity contribution in [2.45, 2.75) is 19.1 Å². The number of halogens is 1. The maximum Gasteiger partial charge on any atom is 0.0731 e. The van der Waals surface area contributed by atoms with Gasteiger partial charge in [0.25, 0.3) is 0 Å². The third-order valence-electron chi connectivity index (χ3n) is 2.72. The van der Waals surface area contributed by atoms with Crippen molar-refractivity contribution < 1.29 is 10.2 Å². The van der Waals surface area contributed by atoms with E-state index in [4.69, 9.17) is 11.6 Å². The van der Waals surface area contributed by atoms with E-state index < -0.39 is 0 Å². The number of para-hydroxylation sites is 1. The Bertz CT molecular complexity index is 356. The molecule has 2 rings (SSSR count). The highest BCUT2D eigenvalue weighted by molar-refractivity contribution is 6.33. The minimum Gasteiger partial charge on any atom is -0.392 e. The summed E-state index contributed by atoms with van der Waals surface area (Å²) in [5.74, 6) is 0. The van der Waals surface area contributed by atoms with Gasteiger partial charge in [-0.2, -0.15) is 0 Å². The van der Waals surface area contributed by atoms with Crippen molar-refractivity contribution in [1.29, 1.82) is 0 Å². The number of hydrogen-bond acceptors (Lipinski definition) is 3. The smallest absolute Gasteiger partial charge is 0.0731 e. The van der Waals surface area contributed by atoms with Crippen LogP contribution in [0.3, 0.4) is 0 Å². The summed E-state index contributed by atoms with van der Waals surface area (Å²) in [4.78, 5) is 2.03. The molecule has 4 heteroatoms. The first-order valence-electron chi connectivity index (χ1n) is 5.03. The Kier molecular flexibility index (Phi) is 3.14. The van der Waals surface area contributed by atoms with E-state index in [9.17, 15) is 10.2 Å². The van der Waals surface area contributed by atoms with E-state index >= 15 is 0 Å². The number of aliphatic hydroxyl groups excluding tert-OH is 2. The van der Waals surface area contributed by atoms with Gasteiger partial charge in [0.05, 0.1) is 23.4 Å². The van der Waals surface area contributed by atoms with Crippen molar-refractivity contribution in [3.8, 4) is 0 Å². The molecule has 1 aromatic carbocycles. The third kappa shape index (κ3) is 2.09. The van der Waals surface area contributed by atoms with Crippen LogP contribution in [0.2, 0.25) is 5.02 Å². The summed E-state index contributed by atoms with van der Waals surface area (Å²) in [5.41, 5.74) is 1.68. The maximum atomic E-state index is 9.47. The van der Waals surface area contributed by atoms with E-state index in [2.05, 4.69) is 0 Å². The Balaban J connectivity index is 2.33. The highest BCUT2D eigenvalue weighted by atomic mass is 35.5. The van der Waals surface area contributed by atoms with Crippen LogP contribution in [0.15, 0.2) is 18.2 Å². The quantitative estimate of drug-likeness (QED) is 0.803. The van der Waals surface area contributed by atoms with Gasteiger partial charge >= 0.3 is 0 Å². The Hall–Kier alpha value is -0.770. The molecule has 0 aromatic heterocycles. The van der Waals surface area contributed by atoms with Crippen molar-refractivity contribution >= 4 is 17.3 Å². The van der Waals surface area contributed by atoms with Gasteiger partial charge < -0.3 is 15.1 Å². The van der Waals surface area contributed by atoms with Gasteiger partial charge in [0.1, 0.15) is 0 Å².